The second-order valence-electron chi connectivity index (χ2n) is 29.9. The molecular formula is C79H154O17P2. The number of phosphoric ester groups is 2. The van der Waals surface area contributed by atoms with Gasteiger partial charge in [0.25, 0.3) is 0 Å². The van der Waals surface area contributed by atoms with Gasteiger partial charge in [0.1, 0.15) is 19.3 Å². The fraction of sp³-hybridized carbons (Fsp3) is 0.949. The largest absolute Gasteiger partial charge is 0.472 e. The Morgan fingerprint density at radius 1 is 0.286 bits per heavy atom. The van der Waals surface area contributed by atoms with Gasteiger partial charge in [0.15, 0.2) is 12.2 Å². The first-order valence-electron chi connectivity index (χ1n) is 40.8. The Morgan fingerprint density at radius 3 is 0.724 bits per heavy atom. The number of aliphatic hydroxyl groups excluding tert-OH is 1. The minimum Gasteiger partial charge on any atom is -0.462 e. The van der Waals surface area contributed by atoms with E-state index in [1.807, 2.05) is 0 Å². The molecule has 19 heteroatoms. The summed E-state index contributed by atoms with van der Waals surface area (Å²) >= 11 is 0. The Kier molecular flexibility index (Phi) is 66.8. The summed E-state index contributed by atoms with van der Waals surface area (Å²) in [5.41, 5.74) is 0. The minimum absolute atomic E-state index is 0.106. The zero-order valence-corrected chi connectivity index (χ0v) is 66.2. The van der Waals surface area contributed by atoms with Crippen LogP contribution in [0.3, 0.4) is 0 Å². The van der Waals surface area contributed by atoms with Crippen molar-refractivity contribution < 1.29 is 80.2 Å². The molecule has 582 valence electrons. The second-order valence-corrected chi connectivity index (χ2v) is 32.8. The van der Waals surface area contributed by atoms with E-state index in [9.17, 15) is 43.2 Å². The van der Waals surface area contributed by atoms with Crippen molar-refractivity contribution in [2.24, 2.45) is 23.7 Å². The van der Waals surface area contributed by atoms with Gasteiger partial charge in [-0.05, 0) is 49.4 Å². The number of carbonyl (C=O) groups is 4. The average molecular weight is 1440 g/mol. The van der Waals surface area contributed by atoms with Crippen molar-refractivity contribution in [3.8, 4) is 0 Å². The van der Waals surface area contributed by atoms with Gasteiger partial charge in [0, 0.05) is 25.7 Å². The van der Waals surface area contributed by atoms with Crippen molar-refractivity contribution in [3.63, 3.8) is 0 Å². The predicted octanol–water partition coefficient (Wildman–Crippen LogP) is 23.2. The fourth-order valence-corrected chi connectivity index (χ4v) is 13.6. The summed E-state index contributed by atoms with van der Waals surface area (Å²) in [6, 6.07) is 0. The standard InChI is InChI=1S/C79H154O17P2/c1-9-71(7)57-49-41-33-25-21-17-14-15-19-23-27-37-46-54-62-79(84)96-75(66-90-77(82)60-52-44-38-30-32-40-48-56-70(5)6)68-94-98(87,88)92-64-73(80)63-91-97(85,86)93-67-74(65-89-76(81)59-51-43-35-29-28-34-42-50-58-72(8)10-2)95-78(83)61-53-45-36-26-22-18-13-11-12-16-20-24-31-39-47-55-69(3)4/h69-75,80H,9-68H2,1-8H3,(H,85,86)(H,87,88)/t71?,72?,73?,74-,75-/m1/s1. The van der Waals surface area contributed by atoms with Gasteiger partial charge in [-0.2, -0.15) is 0 Å². The number of rotatable bonds is 76. The van der Waals surface area contributed by atoms with Gasteiger partial charge in [-0.1, -0.05) is 351 Å². The SMILES string of the molecule is CCC(C)CCCCCCCCCCCCCCCCC(=O)O[C@H](COC(=O)CCCCCCCCCC(C)C)COP(=O)(O)OCC(O)COP(=O)(O)OC[C@@H](COC(=O)CCCCCCCCCCC(C)CC)OC(=O)CCCCCCCCCCCCCCCCCC(C)C. The van der Waals surface area contributed by atoms with Crippen LogP contribution in [0.4, 0.5) is 0 Å². The molecule has 17 nitrogen and oxygen atoms in total. The van der Waals surface area contributed by atoms with Gasteiger partial charge in [0.05, 0.1) is 26.4 Å². The molecule has 0 aliphatic rings. The average Bonchev–Trinajstić information content (AvgIpc) is 1.32. The molecule has 0 amide bonds. The van der Waals surface area contributed by atoms with E-state index < -0.39 is 97.5 Å². The number of unbranched alkanes of at least 4 members (excludes halogenated alkanes) is 40. The van der Waals surface area contributed by atoms with Crippen molar-refractivity contribution >= 4 is 39.5 Å². The number of carbonyl (C=O) groups excluding carboxylic acids is 4. The van der Waals surface area contributed by atoms with Gasteiger partial charge in [-0.25, -0.2) is 9.13 Å². The first-order valence-corrected chi connectivity index (χ1v) is 43.8. The zero-order chi connectivity index (χ0) is 72.4. The minimum atomic E-state index is -4.96. The second kappa shape index (κ2) is 68.2. The van der Waals surface area contributed by atoms with E-state index in [1.165, 1.54) is 199 Å². The number of phosphoric acid groups is 2. The summed E-state index contributed by atoms with van der Waals surface area (Å²) in [4.78, 5) is 72.9. The molecule has 0 aliphatic carbocycles. The molecule has 0 spiro atoms. The maximum absolute atomic E-state index is 13.1. The summed E-state index contributed by atoms with van der Waals surface area (Å²) in [6.45, 7) is 14.3. The van der Waals surface area contributed by atoms with Crippen LogP contribution in [-0.2, 0) is 65.4 Å². The lowest BCUT2D eigenvalue weighted by Gasteiger charge is -2.21. The smallest absolute Gasteiger partial charge is 0.462 e. The zero-order valence-electron chi connectivity index (χ0n) is 64.4. The molecular weight excluding hydrogens is 1280 g/mol. The maximum atomic E-state index is 13.1. The van der Waals surface area contributed by atoms with Crippen LogP contribution in [0.2, 0.25) is 0 Å². The highest BCUT2D eigenvalue weighted by atomic mass is 31.2. The first kappa shape index (κ1) is 96.1. The Bertz CT molecular complexity index is 1920. The molecule has 0 saturated carbocycles. The van der Waals surface area contributed by atoms with Crippen molar-refractivity contribution in [1.82, 2.24) is 0 Å². The molecule has 98 heavy (non-hydrogen) atoms. The summed E-state index contributed by atoms with van der Waals surface area (Å²) in [5.74, 6) is 1.01. The van der Waals surface area contributed by atoms with Crippen LogP contribution < -0.4 is 0 Å². The van der Waals surface area contributed by atoms with Crippen LogP contribution >= 0.6 is 15.6 Å². The molecule has 0 saturated heterocycles. The van der Waals surface area contributed by atoms with Crippen LogP contribution in [0.15, 0.2) is 0 Å². The van der Waals surface area contributed by atoms with Crippen LogP contribution in [0.25, 0.3) is 0 Å². The molecule has 7 atom stereocenters. The quantitative estimate of drug-likeness (QED) is 0.0222. The summed E-state index contributed by atoms with van der Waals surface area (Å²) < 4.78 is 68.6. The Morgan fingerprint density at radius 2 is 0.490 bits per heavy atom. The summed E-state index contributed by atoms with van der Waals surface area (Å²) in [6.07, 6.45) is 54.1. The monoisotopic (exact) mass is 1440 g/mol. The molecule has 0 rings (SSSR count). The van der Waals surface area contributed by atoms with E-state index in [1.54, 1.807) is 0 Å². The molecule has 0 heterocycles. The third kappa shape index (κ3) is 69.8. The molecule has 0 radical (unpaired) electrons. The van der Waals surface area contributed by atoms with E-state index in [0.717, 1.165) is 114 Å². The van der Waals surface area contributed by atoms with Crippen molar-refractivity contribution in [3.05, 3.63) is 0 Å². The highest BCUT2D eigenvalue weighted by molar-refractivity contribution is 7.47. The van der Waals surface area contributed by atoms with Gasteiger partial charge in [0.2, 0.25) is 0 Å². The van der Waals surface area contributed by atoms with Crippen molar-refractivity contribution in [2.45, 2.75) is 420 Å². The topological polar surface area (TPSA) is 237 Å². The highest BCUT2D eigenvalue weighted by Gasteiger charge is 2.30. The van der Waals surface area contributed by atoms with E-state index in [4.69, 9.17) is 37.0 Å². The molecule has 0 aromatic heterocycles. The van der Waals surface area contributed by atoms with Crippen LogP contribution in [0.1, 0.15) is 402 Å². The van der Waals surface area contributed by atoms with E-state index in [0.29, 0.717) is 31.6 Å². The third-order valence-electron chi connectivity index (χ3n) is 19.0. The molecule has 0 aliphatic heterocycles. The molecule has 0 aromatic rings. The van der Waals surface area contributed by atoms with E-state index >= 15 is 0 Å². The normalized spacial score (nSPS) is 14.6. The van der Waals surface area contributed by atoms with Crippen LogP contribution in [-0.4, -0.2) is 96.7 Å². The van der Waals surface area contributed by atoms with Crippen LogP contribution in [0, 0.1) is 23.7 Å². The number of hydrogen-bond acceptors (Lipinski definition) is 15. The maximum Gasteiger partial charge on any atom is 0.472 e. The molecule has 0 fully saturated rings. The van der Waals surface area contributed by atoms with Gasteiger partial charge in [-0.3, -0.25) is 37.3 Å². The Hall–Kier alpha value is -1.94. The van der Waals surface area contributed by atoms with E-state index in [2.05, 4.69) is 55.4 Å². The summed E-state index contributed by atoms with van der Waals surface area (Å²) in [5, 5.41) is 10.6. The number of esters is 4. The molecule has 0 bridgehead atoms. The van der Waals surface area contributed by atoms with Crippen molar-refractivity contribution in [1.29, 1.82) is 0 Å². The lowest BCUT2D eigenvalue weighted by molar-refractivity contribution is -0.161. The third-order valence-corrected chi connectivity index (χ3v) is 20.9. The Labute approximate surface area is 600 Å². The lowest BCUT2D eigenvalue weighted by Crippen LogP contribution is -2.30. The van der Waals surface area contributed by atoms with E-state index in [-0.39, 0.29) is 25.7 Å². The lowest BCUT2D eigenvalue weighted by atomic mass is 9.99. The Balaban J connectivity index is 5.23. The number of ether oxygens (including phenoxy) is 4. The van der Waals surface area contributed by atoms with Crippen LogP contribution in [0.5, 0.6) is 0 Å². The number of hydrogen-bond donors (Lipinski definition) is 3. The highest BCUT2D eigenvalue weighted by Crippen LogP contribution is 2.45. The van der Waals surface area contributed by atoms with Gasteiger partial charge < -0.3 is 33.8 Å². The molecule has 3 N–H and O–H groups in total. The number of aliphatic hydroxyl groups is 1. The fourth-order valence-electron chi connectivity index (χ4n) is 12.0. The molecule has 5 unspecified atom stereocenters. The van der Waals surface area contributed by atoms with Crippen molar-refractivity contribution in [2.75, 3.05) is 39.6 Å². The predicted molar refractivity (Wildman–Crippen MR) is 400 cm³/mol. The first-order chi connectivity index (χ1) is 47.2. The van der Waals surface area contributed by atoms with Gasteiger partial charge >= 0.3 is 39.5 Å². The van der Waals surface area contributed by atoms with Gasteiger partial charge in [-0.15, -0.1) is 0 Å². The summed E-state index contributed by atoms with van der Waals surface area (Å²) in [7, 11) is -9.92. The molecule has 0 aromatic carbocycles.